The lowest BCUT2D eigenvalue weighted by atomic mass is 10.0. The van der Waals surface area contributed by atoms with Crippen LogP contribution in [-0.2, 0) is 15.8 Å². The van der Waals surface area contributed by atoms with Crippen LogP contribution in [0.25, 0.3) is 11.4 Å². The number of benzene rings is 1. The quantitative estimate of drug-likeness (QED) is 0.749. The van der Waals surface area contributed by atoms with E-state index in [0.29, 0.717) is 5.56 Å². The van der Waals surface area contributed by atoms with Crippen molar-refractivity contribution in [1.82, 2.24) is 10.1 Å². The molecule has 0 radical (unpaired) electrons. The number of oxime groups is 1. The fraction of sp³-hybridized carbons (Fsp3) is 0.357. The number of nitrogens with zero attached hydrogens (tertiary/aromatic N) is 3. The molecule has 1 atom stereocenters. The fourth-order valence-corrected chi connectivity index (χ4v) is 2.09. The van der Waals surface area contributed by atoms with Gasteiger partial charge in [-0.2, -0.15) is 31.3 Å². The van der Waals surface area contributed by atoms with E-state index in [4.69, 9.17) is 4.84 Å². The number of aromatic nitrogens is 2. The maximum absolute atomic E-state index is 12.5. The van der Waals surface area contributed by atoms with Crippen LogP contribution in [0.15, 0.2) is 33.9 Å². The molecule has 0 spiro atoms. The minimum atomic E-state index is -4.74. The average molecular weight is 381 g/mol. The Morgan fingerprint density at radius 3 is 2.35 bits per heavy atom. The van der Waals surface area contributed by atoms with Gasteiger partial charge in [-0.1, -0.05) is 34.6 Å². The van der Waals surface area contributed by atoms with E-state index >= 15 is 0 Å². The van der Waals surface area contributed by atoms with E-state index < -0.39 is 31.0 Å². The molecular weight excluding hydrogens is 372 g/mol. The Bertz CT molecular complexity index is 797. The van der Waals surface area contributed by atoms with E-state index in [9.17, 15) is 26.3 Å². The second-order valence-electron chi connectivity index (χ2n) is 5.23. The molecule has 1 unspecified atom stereocenters. The van der Waals surface area contributed by atoms with E-state index in [1.807, 2.05) is 0 Å². The largest absolute Gasteiger partial charge is 0.471 e. The first-order valence-corrected chi connectivity index (χ1v) is 7.05. The van der Waals surface area contributed by atoms with Gasteiger partial charge >= 0.3 is 18.2 Å². The lowest BCUT2D eigenvalue weighted by Crippen LogP contribution is -2.19. The second-order valence-corrected chi connectivity index (χ2v) is 5.23. The van der Waals surface area contributed by atoms with Crippen molar-refractivity contribution >= 4 is 5.90 Å². The summed E-state index contributed by atoms with van der Waals surface area (Å²) < 4.78 is 82.3. The predicted molar refractivity (Wildman–Crippen MR) is 72.6 cm³/mol. The topological polar surface area (TPSA) is 69.7 Å². The van der Waals surface area contributed by atoms with Gasteiger partial charge in [0.05, 0.1) is 6.42 Å². The van der Waals surface area contributed by atoms with Crippen LogP contribution in [0.5, 0.6) is 0 Å². The summed E-state index contributed by atoms with van der Waals surface area (Å²) in [7, 11) is 0. The van der Waals surface area contributed by atoms with E-state index in [-0.39, 0.29) is 23.7 Å². The van der Waals surface area contributed by atoms with E-state index in [2.05, 4.69) is 24.6 Å². The van der Waals surface area contributed by atoms with Crippen LogP contribution in [0.3, 0.4) is 0 Å². The van der Waals surface area contributed by atoms with Gasteiger partial charge in [-0.05, 0) is 5.56 Å². The summed E-state index contributed by atoms with van der Waals surface area (Å²) in [6, 6.07) is 5.87. The molecule has 1 aliphatic heterocycles. The summed E-state index contributed by atoms with van der Waals surface area (Å²) in [5.74, 6) is -1.90. The van der Waals surface area contributed by atoms with Crippen molar-refractivity contribution in [3.63, 3.8) is 0 Å². The molecule has 1 aliphatic rings. The number of rotatable bonds is 3. The Morgan fingerprint density at radius 1 is 1.08 bits per heavy atom. The van der Waals surface area contributed by atoms with Crippen molar-refractivity contribution in [2.24, 2.45) is 5.16 Å². The molecule has 0 amide bonds. The monoisotopic (exact) mass is 381 g/mol. The number of halogens is 6. The van der Waals surface area contributed by atoms with Gasteiger partial charge in [0.25, 0.3) is 0 Å². The van der Waals surface area contributed by atoms with Gasteiger partial charge in [-0.25, -0.2) is 0 Å². The van der Waals surface area contributed by atoms with Crippen molar-refractivity contribution in [2.75, 3.05) is 6.61 Å². The van der Waals surface area contributed by atoms with Gasteiger partial charge in [0, 0.05) is 5.56 Å². The summed E-state index contributed by atoms with van der Waals surface area (Å²) >= 11 is 0. The van der Waals surface area contributed by atoms with Crippen molar-refractivity contribution in [1.29, 1.82) is 0 Å². The first-order valence-electron chi connectivity index (χ1n) is 7.05. The summed E-state index contributed by atoms with van der Waals surface area (Å²) in [6.45, 7) is -1.47. The lowest BCUT2D eigenvalue weighted by molar-refractivity contribution is -0.159. The summed E-state index contributed by atoms with van der Waals surface area (Å²) in [4.78, 5) is 8.26. The Kier molecular flexibility index (Phi) is 4.50. The maximum Gasteiger partial charge on any atom is 0.471 e. The highest BCUT2D eigenvalue weighted by Gasteiger charge is 2.38. The number of ether oxygens (including phenoxy) is 1. The molecule has 0 bridgehead atoms. The first kappa shape index (κ1) is 18.0. The molecule has 1 aromatic carbocycles. The van der Waals surface area contributed by atoms with Crippen LogP contribution >= 0.6 is 0 Å². The van der Waals surface area contributed by atoms with Gasteiger partial charge < -0.3 is 14.1 Å². The molecule has 6 nitrogen and oxygen atoms in total. The molecule has 1 aromatic heterocycles. The number of hydrogen-bond donors (Lipinski definition) is 0. The standard InChI is InChI=1S/C14H9F6N3O3/c15-13(16,17)6-24-10-5-9(25-22-10)7-1-3-8(4-2-7)11-21-12(26-23-11)14(18,19)20/h1-4,9H,5-6H2. The minimum absolute atomic E-state index is 0.00411. The summed E-state index contributed by atoms with van der Waals surface area (Å²) in [5, 5.41) is 6.69. The highest BCUT2D eigenvalue weighted by atomic mass is 19.4. The van der Waals surface area contributed by atoms with Gasteiger partial charge in [-0.15, -0.1) is 0 Å². The molecule has 0 saturated heterocycles. The van der Waals surface area contributed by atoms with Crippen LogP contribution in [0.4, 0.5) is 26.3 Å². The Balaban J connectivity index is 1.63. The number of alkyl halides is 6. The molecule has 0 fully saturated rings. The zero-order valence-electron chi connectivity index (χ0n) is 12.6. The smallest absolute Gasteiger partial charge is 0.469 e. The first-order chi connectivity index (χ1) is 12.1. The van der Waals surface area contributed by atoms with Gasteiger partial charge in [-0.3, -0.25) is 0 Å². The molecule has 0 aliphatic carbocycles. The molecule has 3 rings (SSSR count). The van der Waals surface area contributed by atoms with Gasteiger partial charge in [0.1, 0.15) is 0 Å². The van der Waals surface area contributed by atoms with Crippen LogP contribution in [0.2, 0.25) is 0 Å². The van der Waals surface area contributed by atoms with Gasteiger partial charge in [0.2, 0.25) is 11.7 Å². The molecule has 26 heavy (non-hydrogen) atoms. The third-order valence-electron chi connectivity index (χ3n) is 3.25. The van der Waals surface area contributed by atoms with Gasteiger partial charge in [0.15, 0.2) is 12.7 Å². The molecular formula is C14H9F6N3O3. The third-order valence-corrected chi connectivity index (χ3v) is 3.25. The summed E-state index contributed by atoms with van der Waals surface area (Å²) in [5.41, 5.74) is 0.808. The molecule has 2 aromatic rings. The van der Waals surface area contributed by atoms with Crippen molar-refractivity contribution in [3.8, 4) is 11.4 Å². The highest BCUT2D eigenvalue weighted by molar-refractivity contribution is 5.77. The van der Waals surface area contributed by atoms with Crippen molar-refractivity contribution in [2.45, 2.75) is 24.9 Å². The zero-order chi connectivity index (χ0) is 18.9. The van der Waals surface area contributed by atoms with Crippen LogP contribution in [0, 0.1) is 0 Å². The molecule has 0 saturated carbocycles. The van der Waals surface area contributed by atoms with E-state index in [1.54, 1.807) is 0 Å². The average Bonchev–Trinajstić information content (AvgIpc) is 3.22. The van der Waals surface area contributed by atoms with E-state index in [1.165, 1.54) is 24.3 Å². The second kappa shape index (κ2) is 6.50. The van der Waals surface area contributed by atoms with Crippen LogP contribution in [0.1, 0.15) is 24.0 Å². The fourth-order valence-electron chi connectivity index (χ4n) is 2.09. The Morgan fingerprint density at radius 2 is 1.77 bits per heavy atom. The highest BCUT2D eigenvalue weighted by Crippen LogP contribution is 2.31. The van der Waals surface area contributed by atoms with Crippen molar-refractivity contribution in [3.05, 3.63) is 35.7 Å². The normalized spacial score (nSPS) is 17.8. The van der Waals surface area contributed by atoms with Crippen molar-refractivity contribution < 1.29 is 40.4 Å². The molecule has 2 heterocycles. The number of hydrogen-bond acceptors (Lipinski definition) is 6. The van der Waals surface area contributed by atoms with Crippen LogP contribution in [-0.4, -0.2) is 28.8 Å². The van der Waals surface area contributed by atoms with Crippen LogP contribution < -0.4 is 0 Å². The molecule has 0 N–H and O–H groups in total. The lowest BCUT2D eigenvalue weighted by Gasteiger charge is -2.09. The minimum Gasteiger partial charge on any atom is -0.469 e. The maximum atomic E-state index is 12.5. The Labute approximate surface area is 141 Å². The Hall–Kier alpha value is -2.79. The SMILES string of the molecule is FC(F)(F)COC1=NOC(c2ccc(-c3noc(C(F)(F)F)n3)cc2)C1. The zero-order valence-corrected chi connectivity index (χ0v) is 12.6. The van der Waals surface area contributed by atoms with E-state index in [0.717, 1.165) is 0 Å². The third kappa shape index (κ3) is 4.24. The predicted octanol–water partition coefficient (Wildman–Crippen LogP) is 4.11. The summed E-state index contributed by atoms with van der Waals surface area (Å²) in [6.07, 6.45) is -9.89. The molecule has 140 valence electrons. The molecule has 12 heteroatoms.